The third kappa shape index (κ3) is 4.84. The van der Waals surface area contributed by atoms with Crippen LogP contribution in [0.1, 0.15) is 11.1 Å². The van der Waals surface area contributed by atoms with E-state index in [9.17, 15) is 13.2 Å². The van der Waals surface area contributed by atoms with Crippen molar-refractivity contribution in [3.63, 3.8) is 0 Å². The minimum absolute atomic E-state index is 0.209. The van der Waals surface area contributed by atoms with E-state index in [4.69, 9.17) is 16.3 Å². The van der Waals surface area contributed by atoms with Crippen molar-refractivity contribution in [1.82, 2.24) is 9.21 Å². The smallest absolute Gasteiger partial charge is 0.241 e. The number of carbonyl (C=O) groups is 1. The number of likely N-dealkylation sites (N-methyl/N-ethyl adjacent to an activating group) is 1. The van der Waals surface area contributed by atoms with Gasteiger partial charge in [-0.2, -0.15) is 4.31 Å². The number of rotatable bonds is 6. The highest BCUT2D eigenvalue weighted by Crippen LogP contribution is 2.26. The summed E-state index contributed by atoms with van der Waals surface area (Å²) in [5.74, 6) is 0.425. The molecule has 28 heavy (non-hydrogen) atoms. The topological polar surface area (TPSA) is 66.9 Å². The fraction of sp³-hybridized carbons (Fsp3) is 0.350. The van der Waals surface area contributed by atoms with E-state index >= 15 is 0 Å². The predicted molar refractivity (Wildman–Crippen MR) is 109 cm³/mol. The summed E-state index contributed by atoms with van der Waals surface area (Å²) in [6.45, 7) is 0.851. The minimum atomic E-state index is -3.52. The number of benzene rings is 2. The lowest BCUT2D eigenvalue weighted by atomic mass is 9.95. The minimum Gasteiger partial charge on any atom is -0.492 e. The summed E-state index contributed by atoms with van der Waals surface area (Å²) in [5.41, 5.74) is 1.94. The number of ether oxygens (including phenoxy) is 1. The number of fused-ring (bicyclic) bond motifs is 1. The van der Waals surface area contributed by atoms with E-state index in [2.05, 4.69) is 0 Å². The fourth-order valence-corrected chi connectivity index (χ4v) is 4.38. The molecule has 1 heterocycles. The first-order chi connectivity index (χ1) is 13.3. The van der Waals surface area contributed by atoms with Gasteiger partial charge in [-0.05, 0) is 41.8 Å². The number of hydrogen-bond donors (Lipinski definition) is 0. The molecule has 0 saturated heterocycles. The Morgan fingerprint density at radius 1 is 1.18 bits per heavy atom. The van der Waals surface area contributed by atoms with Gasteiger partial charge < -0.3 is 9.64 Å². The number of hydrogen-bond acceptors (Lipinski definition) is 4. The van der Waals surface area contributed by atoms with Gasteiger partial charge in [0.1, 0.15) is 18.4 Å². The molecule has 0 bridgehead atoms. The van der Waals surface area contributed by atoms with Gasteiger partial charge in [0.25, 0.3) is 0 Å². The van der Waals surface area contributed by atoms with E-state index in [1.807, 2.05) is 24.3 Å². The molecule has 6 nitrogen and oxygen atoms in total. The molecule has 0 spiro atoms. The van der Waals surface area contributed by atoms with Crippen LogP contribution in [0.15, 0.2) is 48.5 Å². The molecule has 0 saturated carbocycles. The van der Waals surface area contributed by atoms with E-state index in [1.54, 1.807) is 31.3 Å². The Kier molecular flexibility index (Phi) is 6.27. The van der Waals surface area contributed by atoms with Crippen LogP contribution >= 0.6 is 11.6 Å². The Morgan fingerprint density at radius 3 is 2.46 bits per heavy atom. The first-order valence-corrected chi connectivity index (χ1v) is 11.2. The van der Waals surface area contributed by atoms with Crippen LogP contribution in [0, 0.1) is 0 Å². The van der Waals surface area contributed by atoms with Crippen LogP contribution < -0.4 is 4.74 Å². The van der Waals surface area contributed by atoms with Gasteiger partial charge >= 0.3 is 0 Å². The highest BCUT2D eigenvalue weighted by molar-refractivity contribution is 7.88. The van der Waals surface area contributed by atoms with Crippen molar-refractivity contribution in [1.29, 1.82) is 0 Å². The van der Waals surface area contributed by atoms with Gasteiger partial charge in [0.15, 0.2) is 0 Å². The highest BCUT2D eigenvalue weighted by Gasteiger charge is 2.37. The molecule has 0 unspecified atom stereocenters. The van der Waals surface area contributed by atoms with Crippen molar-refractivity contribution >= 4 is 27.5 Å². The molecule has 150 valence electrons. The number of amides is 1. The van der Waals surface area contributed by atoms with Crippen molar-refractivity contribution in [3.05, 3.63) is 64.7 Å². The van der Waals surface area contributed by atoms with Crippen LogP contribution in [-0.4, -0.2) is 56.0 Å². The van der Waals surface area contributed by atoms with Gasteiger partial charge in [-0.3, -0.25) is 4.79 Å². The third-order valence-electron chi connectivity index (χ3n) is 4.80. The lowest BCUT2D eigenvalue weighted by Crippen LogP contribution is -2.53. The maximum atomic E-state index is 13.0. The average molecular weight is 423 g/mol. The van der Waals surface area contributed by atoms with Crippen molar-refractivity contribution in [2.75, 3.05) is 26.5 Å². The number of carbonyl (C=O) groups excluding carboxylic acids is 1. The molecule has 8 heteroatoms. The third-order valence-corrected chi connectivity index (χ3v) is 6.29. The average Bonchev–Trinajstić information content (AvgIpc) is 2.67. The summed E-state index contributed by atoms with van der Waals surface area (Å²) in [5, 5.41) is 0.623. The van der Waals surface area contributed by atoms with Gasteiger partial charge in [-0.1, -0.05) is 35.9 Å². The normalized spacial score (nSPS) is 17.0. The molecule has 1 aliphatic rings. The zero-order valence-corrected chi connectivity index (χ0v) is 17.4. The second kappa shape index (κ2) is 8.51. The molecule has 1 aliphatic heterocycles. The van der Waals surface area contributed by atoms with Gasteiger partial charge in [-0.25, -0.2) is 8.42 Å². The lowest BCUT2D eigenvalue weighted by molar-refractivity contribution is -0.134. The summed E-state index contributed by atoms with van der Waals surface area (Å²) in [6, 6.07) is 13.9. The van der Waals surface area contributed by atoms with Crippen LogP contribution in [0.5, 0.6) is 5.75 Å². The molecule has 0 fully saturated rings. The summed E-state index contributed by atoms with van der Waals surface area (Å²) >= 11 is 5.85. The van der Waals surface area contributed by atoms with Crippen molar-refractivity contribution in [2.45, 2.75) is 19.0 Å². The maximum Gasteiger partial charge on any atom is 0.241 e. The lowest BCUT2D eigenvalue weighted by Gasteiger charge is -2.36. The van der Waals surface area contributed by atoms with Crippen LogP contribution in [0.25, 0.3) is 0 Å². The van der Waals surface area contributed by atoms with Crippen molar-refractivity contribution < 1.29 is 17.9 Å². The van der Waals surface area contributed by atoms with Crippen LogP contribution in [-0.2, 0) is 27.8 Å². The first-order valence-electron chi connectivity index (χ1n) is 8.92. The Balaban J connectivity index is 1.67. The number of nitrogens with zero attached hydrogens (tertiary/aromatic N) is 2. The van der Waals surface area contributed by atoms with Crippen LogP contribution in [0.3, 0.4) is 0 Å². The molecule has 0 radical (unpaired) electrons. The summed E-state index contributed by atoms with van der Waals surface area (Å²) in [4.78, 5) is 14.5. The molecular weight excluding hydrogens is 400 g/mol. The van der Waals surface area contributed by atoms with Crippen LogP contribution in [0.2, 0.25) is 5.02 Å². The Hall–Kier alpha value is -2.09. The molecule has 2 aromatic rings. The van der Waals surface area contributed by atoms with E-state index < -0.39 is 16.1 Å². The molecular formula is C20H23ClN2O4S. The molecule has 0 aliphatic carbocycles. The summed E-state index contributed by atoms with van der Waals surface area (Å²) in [7, 11) is -1.86. The quantitative estimate of drug-likeness (QED) is 0.717. The molecule has 3 rings (SSSR count). The summed E-state index contributed by atoms with van der Waals surface area (Å²) in [6.07, 6.45) is 1.51. The van der Waals surface area contributed by atoms with Gasteiger partial charge in [-0.15, -0.1) is 0 Å². The van der Waals surface area contributed by atoms with E-state index in [0.717, 1.165) is 17.4 Å². The van der Waals surface area contributed by atoms with Crippen molar-refractivity contribution in [2.24, 2.45) is 0 Å². The SMILES string of the molecule is CN(CCOc1ccc(Cl)cc1)C(=O)[C@H]1Cc2ccccc2CN1S(C)(=O)=O. The fourth-order valence-electron chi connectivity index (χ4n) is 3.25. The van der Waals surface area contributed by atoms with E-state index in [-0.39, 0.29) is 12.5 Å². The summed E-state index contributed by atoms with van der Waals surface area (Å²) < 4.78 is 31.5. The van der Waals surface area contributed by atoms with Gasteiger partial charge in [0.05, 0.1) is 12.8 Å². The molecule has 0 aromatic heterocycles. The maximum absolute atomic E-state index is 13.0. The molecule has 1 amide bonds. The van der Waals surface area contributed by atoms with E-state index in [1.165, 1.54) is 9.21 Å². The Labute approximate surface area is 170 Å². The van der Waals surface area contributed by atoms with Crippen LogP contribution in [0.4, 0.5) is 0 Å². The van der Waals surface area contributed by atoms with E-state index in [0.29, 0.717) is 30.3 Å². The Bertz CT molecular complexity index is 947. The predicted octanol–water partition coefficient (Wildman–Crippen LogP) is 2.56. The zero-order valence-electron chi connectivity index (χ0n) is 15.8. The van der Waals surface area contributed by atoms with Gasteiger partial charge in [0, 0.05) is 18.6 Å². The number of sulfonamides is 1. The Morgan fingerprint density at radius 2 is 1.82 bits per heavy atom. The van der Waals surface area contributed by atoms with Crippen molar-refractivity contribution in [3.8, 4) is 5.75 Å². The monoisotopic (exact) mass is 422 g/mol. The second-order valence-electron chi connectivity index (χ2n) is 6.86. The number of halogens is 1. The largest absolute Gasteiger partial charge is 0.492 e. The first kappa shape index (κ1) is 20.6. The zero-order chi connectivity index (χ0) is 20.3. The molecule has 1 atom stereocenters. The highest BCUT2D eigenvalue weighted by atomic mass is 35.5. The molecule has 2 aromatic carbocycles. The second-order valence-corrected chi connectivity index (χ2v) is 9.23. The van der Waals surface area contributed by atoms with Gasteiger partial charge in [0.2, 0.25) is 15.9 Å². The standard InChI is InChI=1S/C20H23ClN2O4S/c1-22(11-12-27-18-9-7-17(21)8-10-18)20(24)19-13-15-5-3-4-6-16(15)14-23(19)28(2,25)26/h3-10,19H,11-14H2,1-2H3/t19-/m1/s1. The molecule has 0 N–H and O–H groups in total.